The van der Waals surface area contributed by atoms with Crippen molar-refractivity contribution in [1.82, 2.24) is 4.83 Å². The Bertz CT molecular complexity index is 861. The lowest BCUT2D eigenvalue weighted by Crippen LogP contribution is -2.18. The largest absolute Gasteiger partial charge is 0.496 e. The SMILES string of the molecule is COc1cc(OC)c(OC)cc1/C=N/NS(=O)(=O)c1ccc(C)cc1. The summed E-state index contributed by atoms with van der Waals surface area (Å²) in [7, 11) is 0.775. The van der Waals surface area contributed by atoms with E-state index in [0.29, 0.717) is 22.8 Å². The fourth-order valence-electron chi connectivity index (χ4n) is 2.09. The van der Waals surface area contributed by atoms with E-state index in [1.165, 1.54) is 39.7 Å². The number of hydrazone groups is 1. The molecule has 0 saturated heterocycles. The van der Waals surface area contributed by atoms with Crippen molar-refractivity contribution in [3.05, 3.63) is 47.5 Å². The minimum atomic E-state index is -3.74. The number of nitrogens with one attached hydrogen (secondary N) is 1. The standard InChI is InChI=1S/C17H20N2O5S/c1-12-5-7-14(8-6-12)25(20,21)19-18-11-13-9-16(23-3)17(24-4)10-15(13)22-2/h5-11,19H,1-4H3/b18-11+. The van der Waals surface area contributed by atoms with Gasteiger partial charge in [-0.2, -0.15) is 13.5 Å². The Morgan fingerprint density at radius 2 is 1.48 bits per heavy atom. The molecular formula is C17H20N2O5S. The molecule has 2 aromatic rings. The lowest BCUT2D eigenvalue weighted by atomic mass is 10.2. The number of nitrogens with zero attached hydrogens (tertiary/aromatic N) is 1. The molecular weight excluding hydrogens is 344 g/mol. The highest BCUT2D eigenvalue weighted by Gasteiger charge is 2.13. The molecule has 0 atom stereocenters. The quantitative estimate of drug-likeness (QED) is 0.602. The first-order valence-corrected chi connectivity index (χ1v) is 8.81. The molecule has 7 nitrogen and oxygen atoms in total. The van der Waals surface area contributed by atoms with Gasteiger partial charge in [-0.15, -0.1) is 0 Å². The fourth-order valence-corrected chi connectivity index (χ4v) is 2.88. The van der Waals surface area contributed by atoms with Gasteiger partial charge in [-0.1, -0.05) is 17.7 Å². The van der Waals surface area contributed by atoms with Crippen LogP contribution in [0.5, 0.6) is 17.2 Å². The third-order valence-corrected chi connectivity index (χ3v) is 4.68. The van der Waals surface area contributed by atoms with Crippen molar-refractivity contribution >= 4 is 16.2 Å². The molecule has 0 saturated carbocycles. The first kappa shape index (κ1) is 18.6. The number of aryl methyl sites for hydroxylation is 1. The van der Waals surface area contributed by atoms with Crippen LogP contribution in [-0.4, -0.2) is 36.0 Å². The van der Waals surface area contributed by atoms with Crippen molar-refractivity contribution in [3.8, 4) is 17.2 Å². The predicted octanol–water partition coefficient (Wildman–Crippen LogP) is 2.33. The van der Waals surface area contributed by atoms with Gasteiger partial charge in [0.2, 0.25) is 0 Å². The molecule has 0 radical (unpaired) electrons. The van der Waals surface area contributed by atoms with Gasteiger partial charge in [-0.05, 0) is 25.1 Å². The molecule has 0 aromatic heterocycles. The Kier molecular flexibility index (Phi) is 5.87. The Labute approximate surface area is 147 Å². The molecule has 0 aliphatic heterocycles. The predicted molar refractivity (Wildman–Crippen MR) is 95.2 cm³/mol. The van der Waals surface area contributed by atoms with Gasteiger partial charge in [0.15, 0.2) is 11.5 Å². The van der Waals surface area contributed by atoms with Crippen LogP contribution >= 0.6 is 0 Å². The van der Waals surface area contributed by atoms with Crippen LogP contribution in [-0.2, 0) is 10.0 Å². The van der Waals surface area contributed by atoms with Crippen molar-refractivity contribution < 1.29 is 22.6 Å². The Morgan fingerprint density at radius 3 is 2.04 bits per heavy atom. The van der Waals surface area contributed by atoms with Crippen LogP contribution in [0, 0.1) is 6.92 Å². The molecule has 1 N–H and O–H groups in total. The number of rotatable bonds is 7. The zero-order valence-corrected chi connectivity index (χ0v) is 15.3. The number of hydrogen-bond acceptors (Lipinski definition) is 6. The molecule has 2 rings (SSSR count). The van der Waals surface area contributed by atoms with Crippen molar-refractivity contribution in [2.75, 3.05) is 21.3 Å². The smallest absolute Gasteiger partial charge is 0.276 e. The summed E-state index contributed by atoms with van der Waals surface area (Å²) in [6.45, 7) is 1.88. The molecule has 0 spiro atoms. The van der Waals surface area contributed by atoms with Gasteiger partial charge in [-0.3, -0.25) is 0 Å². The summed E-state index contributed by atoms with van der Waals surface area (Å²) in [6.07, 6.45) is 1.34. The molecule has 0 bridgehead atoms. The van der Waals surface area contributed by atoms with E-state index >= 15 is 0 Å². The van der Waals surface area contributed by atoms with E-state index in [4.69, 9.17) is 14.2 Å². The number of hydrogen-bond donors (Lipinski definition) is 1. The number of sulfonamides is 1. The van der Waals surface area contributed by atoms with Crippen LogP contribution in [0.3, 0.4) is 0 Å². The summed E-state index contributed by atoms with van der Waals surface area (Å²) in [5.41, 5.74) is 1.50. The average Bonchev–Trinajstić information content (AvgIpc) is 2.61. The summed E-state index contributed by atoms with van der Waals surface area (Å²) in [5, 5.41) is 3.81. The molecule has 8 heteroatoms. The van der Waals surface area contributed by atoms with Crippen LogP contribution in [0.2, 0.25) is 0 Å². The molecule has 0 unspecified atom stereocenters. The highest BCUT2D eigenvalue weighted by molar-refractivity contribution is 7.89. The Hall–Kier alpha value is -2.74. The molecule has 0 aliphatic rings. The molecule has 0 amide bonds. The minimum Gasteiger partial charge on any atom is -0.496 e. The lowest BCUT2D eigenvalue weighted by Gasteiger charge is -2.11. The van der Waals surface area contributed by atoms with Gasteiger partial charge in [0.1, 0.15) is 5.75 Å². The molecule has 134 valence electrons. The van der Waals surface area contributed by atoms with E-state index < -0.39 is 10.0 Å². The maximum absolute atomic E-state index is 12.2. The van der Waals surface area contributed by atoms with Gasteiger partial charge >= 0.3 is 0 Å². The second kappa shape index (κ2) is 7.89. The monoisotopic (exact) mass is 364 g/mol. The summed E-state index contributed by atoms with van der Waals surface area (Å²) >= 11 is 0. The van der Waals surface area contributed by atoms with Crippen molar-refractivity contribution in [2.45, 2.75) is 11.8 Å². The fraction of sp³-hybridized carbons (Fsp3) is 0.235. The summed E-state index contributed by atoms with van der Waals surface area (Å²) in [5.74, 6) is 1.44. The van der Waals surface area contributed by atoms with Crippen molar-refractivity contribution in [1.29, 1.82) is 0 Å². The van der Waals surface area contributed by atoms with E-state index in [2.05, 4.69) is 9.93 Å². The van der Waals surface area contributed by atoms with Crippen LogP contribution in [0.1, 0.15) is 11.1 Å². The van der Waals surface area contributed by atoms with Crippen LogP contribution in [0.15, 0.2) is 46.4 Å². The van der Waals surface area contributed by atoms with Crippen LogP contribution in [0.4, 0.5) is 0 Å². The average molecular weight is 364 g/mol. The van der Waals surface area contributed by atoms with E-state index in [1.807, 2.05) is 6.92 Å². The van der Waals surface area contributed by atoms with Gasteiger partial charge < -0.3 is 14.2 Å². The van der Waals surface area contributed by atoms with E-state index in [-0.39, 0.29) is 4.90 Å². The van der Waals surface area contributed by atoms with Crippen molar-refractivity contribution in [3.63, 3.8) is 0 Å². The second-order valence-corrected chi connectivity index (χ2v) is 6.78. The maximum atomic E-state index is 12.2. The van der Waals surface area contributed by atoms with Gasteiger partial charge in [0.05, 0.1) is 32.4 Å². The Morgan fingerprint density at radius 1 is 0.920 bits per heavy atom. The van der Waals surface area contributed by atoms with Crippen molar-refractivity contribution in [2.24, 2.45) is 5.10 Å². The first-order chi connectivity index (χ1) is 11.9. The molecule has 0 fully saturated rings. The van der Waals surface area contributed by atoms with E-state index in [1.54, 1.807) is 24.3 Å². The molecule has 0 heterocycles. The molecule has 0 aliphatic carbocycles. The Balaban J connectivity index is 2.25. The van der Waals surface area contributed by atoms with Gasteiger partial charge in [0.25, 0.3) is 10.0 Å². The third kappa shape index (κ3) is 4.42. The third-order valence-electron chi connectivity index (χ3n) is 3.44. The zero-order valence-electron chi connectivity index (χ0n) is 14.4. The number of ether oxygens (including phenoxy) is 3. The van der Waals surface area contributed by atoms with Gasteiger partial charge in [0, 0.05) is 11.6 Å². The van der Waals surface area contributed by atoms with Crippen LogP contribution in [0.25, 0.3) is 0 Å². The molecule has 2 aromatic carbocycles. The second-order valence-electron chi connectivity index (χ2n) is 5.12. The number of benzene rings is 2. The summed E-state index contributed by atoms with van der Waals surface area (Å²) < 4.78 is 40.1. The highest BCUT2D eigenvalue weighted by Crippen LogP contribution is 2.33. The molecule has 25 heavy (non-hydrogen) atoms. The van der Waals surface area contributed by atoms with Gasteiger partial charge in [-0.25, -0.2) is 4.83 Å². The highest BCUT2D eigenvalue weighted by atomic mass is 32.2. The van der Waals surface area contributed by atoms with E-state index in [9.17, 15) is 8.42 Å². The lowest BCUT2D eigenvalue weighted by molar-refractivity contribution is 0.349. The summed E-state index contributed by atoms with van der Waals surface area (Å²) in [6, 6.07) is 9.75. The minimum absolute atomic E-state index is 0.134. The maximum Gasteiger partial charge on any atom is 0.276 e. The number of methoxy groups -OCH3 is 3. The van der Waals surface area contributed by atoms with E-state index in [0.717, 1.165) is 5.56 Å². The zero-order chi connectivity index (χ0) is 18.4. The topological polar surface area (TPSA) is 86.2 Å². The summed E-state index contributed by atoms with van der Waals surface area (Å²) in [4.78, 5) is 2.31. The van der Waals surface area contributed by atoms with Crippen LogP contribution < -0.4 is 19.0 Å². The first-order valence-electron chi connectivity index (χ1n) is 7.33. The normalized spacial score (nSPS) is 11.4.